The second kappa shape index (κ2) is 12.2. The van der Waals surface area contributed by atoms with Gasteiger partial charge in [-0.1, -0.05) is 39.0 Å². The minimum atomic E-state index is -3.63. The van der Waals surface area contributed by atoms with E-state index in [-0.39, 0.29) is 25.6 Å². The lowest BCUT2D eigenvalue weighted by Crippen LogP contribution is -2.40. The van der Waals surface area contributed by atoms with E-state index in [0.29, 0.717) is 18.3 Å². The quantitative estimate of drug-likeness (QED) is 0.357. The minimum absolute atomic E-state index is 0.0310. The van der Waals surface area contributed by atoms with E-state index in [2.05, 4.69) is 31.6 Å². The van der Waals surface area contributed by atoms with Gasteiger partial charge in [-0.25, -0.2) is 13.2 Å². The molecule has 0 aliphatic heterocycles. The molecule has 2 aliphatic carbocycles. The number of nitrogens with one attached hydrogen (secondary N) is 1. The van der Waals surface area contributed by atoms with E-state index in [1.807, 2.05) is 30.3 Å². The number of carbonyl (C=O) groups excluding carboxylic acids is 2. The van der Waals surface area contributed by atoms with Crippen molar-refractivity contribution < 1.29 is 27.5 Å². The molecule has 2 aliphatic rings. The van der Waals surface area contributed by atoms with Gasteiger partial charge in [-0.2, -0.15) is 0 Å². The highest BCUT2D eigenvalue weighted by Gasteiger charge is 2.37. The predicted molar refractivity (Wildman–Crippen MR) is 161 cm³/mol. The van der Waals surface area contributed by atoms with Gasteiger partial charge in [0.15, 0.2) is 0 Å². The number of ether oxygens (including phenoxy) is 2. The van der Waals surface area contributed by atoms with Gasteiger partial charge in [0.2, 0.25) is 15.9 Å². The van der Waals surface area contributed by atoms with Crippen LogP contribution >= 0.6 is 0 Å². The van der Waals surface area contributed by atoms with Crippen LogP contribution in [0.1, 0.15) is 92.1 Å². The first-order valence-electron chi connectivity index (χ1n) is 14.8. The molecule has 0 radical (unpaired) electrons. The molecule has 0 unspecified atom stereocenters. The number of sulfonamides is 1. The van der Waals surface area contributed by atoms with Crippen molar-refractivity contribution in [2.75, 3.05) is 6.54 Å². The average Bonchev–Trinajstić information content (AvgIpc) is 3.71. The Kier molecular flexibility index (Phi) is 9.26. The fourth-order valence-corrected chi connectivity index (χ4v) is 6.72. The zero-order valence-electron chi connectivity index (χ0n) is 25.4. The summed E-state index contributed by atoms with van der Waals surface area (Å²) in [5.41, 5.74) is 0.510. The summed E-state index contributed by atoms with van der Waals surface area (Å²) in [5.74, 6) is 0.984. The third kappa shape index (κ3) is 9.09. The first kappa shape index (κ1) is 31.1. The van der Waals surface area contributed by atoms with E-state index in [1.165, 1.54) is 17.7 Å². The number of amides is 2. The van der Waals surface area contributed by atoms with Crippen LogP contribution in [0.3, 0.4) is 0 Å². The highest BCUT2D eigenvalue weighted by molar-refractivity contribution is 7.90. The van der Waals surface area contributed by atoms with Crippen molar-refractivity contribution in [2.24, 2.45) is 11.3 Å². The molecular formula is C32H46N2O6S. The van der Waals surface area contributed by atoms with Crippen LogP contribution in [0.4, 0.5) is 4.79 Å². The van der Waals surface area contributed by atoms with E-state index < -0.39 is 32.9 Å². The van der Waals surface area contributed by atoms with Gasteiger partial charge in [0.1, 0.15) is 11.4 Å². The zero-order chi connectivity index (χ0) is 30.0. The fraction of sp³-hybridized carbons (Fsp3) is 0.625. The molecule has 41 heavy (non-hydrogen) atoms. The van der Waals surface area contributed by atoms with Gasteiger partial charge >= 0.3 is 6.09 Å². The van der Waals surface area contributed by atoms with Crippen molar-refractivity contribution in [1.82, 2.24) is 9.62 Å². The van der Waals surface area contributed by atoms with Gasteiger partial charge in [-0.3, -0.25) is 9.52 Å². The number of fused-ring (bicyclic) bond motifs is 1. The number of carbonyl (C=O) groups is 2. The van der Waals surface area contributed by atoms with Gasteiger partial charge in [-0.05, 0) is 105 Å². The topological polar surface area (TPSA) is 102 Å². The van der Waals surface area contributed by atoms with Crippen LogP contribution < -0.4 is 9.46 Å². The molecule has 0 bridgehead atoms. The molecular weight excluding hydrogens is 540 g/mol. The lowest BCUT2D eigenvalue weighted by molar-refractivity contribution is -0.119. The Bertz CT molecular complexity index is 1350. The van der Waals surface area contributed by atoms with E-state index in [9.17, 15) is 18.0 Å². The maximum Gasteiger partial charge on any atom is 0.410 e. The highest BCUT2D eigenvalue weighted by Crippen LogP contribution is 2.39. The van der Waals surface area contributed by atoms with Crippen molar-refractivity contribution in [3.63, 3.8) is 0 Å². The zero-order valence-corrected chi connectivity index (χ0v) is 26.2. The molecule has 2 aromatic carbocycles. The Morgan fingerprint density at radius 1 is 0.902 bits per heavy atom. The third-order valence-corrected chi connectivity index (χ3v) is 9.79. The van der Waals surface area contributed by atoms with Gasteiger partial charge in [0.25, 0.3) is 0 Å². The van der Waals surface area contributed by atoms with E-state index >= 15 is 0 Å². The molecule has 9 heteroatoms. The lowest BCUT2D eigenvalue weighted by atomic mass is 9.72. The summed E-state index contributed by atoms with van der Waals surface area (Å²) < 4.78 is 38.3. The lowest BCUT2D eigenvalue weighted by Gasteiger charge is -2.37. The molecule has 1 N–H and O–H groups in total. The minimum Gasteiger partial charge on any atom is -0.490 e. The van der Waals surface area contributed by atoms with Crippen molar-refractivity contribution in [2.45, 2.75) is 110 Å². The summed E-state index contributed by atoms with van der Waals surface area (Å²) in [5, 5.41) is 1.58. The van der Waals surface area contributed by atoms with Crippen molar-refractivity contribution >= 4 is 32.8 Å². The molecule has 0 heterocycles. The van der Waals surface area contributed by atoms with Gasteiger partial charge < -0.3 is 14.4 Å². The Balaban J connectivity index is 1.40. The van der Waals surface area contributed by atoms with Crippen LogP contribution in [0.2, 0.25) is 0 Å². The molecule has 2 amide bonds. The molecule has 0 atom stereocenters. The van der Waals surface area contributed by atoms with E-state index in [0.717, 1.165) is 40.8 Å². The summed E-state index contributed by atoms with van der Waals surface area (Å²) in [4.78, 5) is 26.8. The summed E-state index contributed by atoms with van der Waals surface area (Å²) >= 11 is 0. The van der Waals surface area contributed by atoms with Crippen LogP contribution in [0, 0.1) is 11.3 Å². The Morgan fingerprint density at radius 3 is 2.15 bits per heavy atom. The van der Waals surface area contributed by atoms with E-state index in [4.69, 9.17) is 9.47 Å². The molecule has 226 valence electrons. The third-order valence-electron chi connectivity index (χ3n) is 7.93. The maximum atomic E-state index is 13.0. The number of benzene rings is 2. The SMILES string of the molecule is CC(C)(C)OC(=O)N(CCC(=O)NS(=O)(=O)C1CC1)Cc1ccc2cc(O[C@H]3CC[C@H](C(C)(C)C)CC3)ccc2c1. The maximum absolute atomic E-state index is 13.0. The first-order valence-corrected chi connectivity index (χ1v) is 16.4. The Labute approximate surface area is 245 Å². The molecule has 8 nitrogen and oxygen atoms in total. The van der Waals surface area contributed by atoms with Crippen LogP contribution in [-0.2, 0) is 26.1 Å². The molecule has 0 saturated heterocycles. The summed E-state index contributed by atoms with van der Waals surface area (Å²) in [6.45, 7) is 12.6. The van der Waals surface area contributed by atoms with Gasteiger partial charge in [-0.15, -0.1) is 0 Å². The molecule has 2 aromatic rings. The molecule has 2 fully saturated rings. The fourth-order valence-electron chi connectivity index (χ4n) is 5.37. The summed E-state index contributed by atoms with van der Waals surface area (Å²) in [7, 11) is -3.63. The molecule has 0 aromatic heterocycles. The largest absolute Gasteiger partial charge is 0.490 e. The Morgan fingerprint density at radius 2 is 1.54 bits per heavy atom. The number of rotatable bonds is 9. The monoisotopic (exact) mass is 586 g/mol. The van der Waals surface area contributed by atoms with Gasteiger partial charge in [0.05, 0.1) is 11.4 Å². The molecule has 2 saturated carbocycles. The number of hydrogen-bond donors (Lipinski definition) is 1. The van der Waals surface area contributed by atoms with Crippen LogP contribution in [0.15, 0.2) is 36.4 Å². The molecule has 0 spiro atoms. The second-order valence-electron chi connectivity index (χ2n) is 13.7. The number of nitrogens with zero attached hydrogens (tertiary/aromatic N) is 1. The predicted octanol–water partition coefficient (Wildman–Crippen LogP) is 6.56. The normalized spacial score (nSPS) is 20.0. The molecule has 4 rings (SSSR count). The van der Waals surface area contributed by atoms with Crippen molar-refractivity contribution in [3.8, 4) is 5.75 Å². The van der Waals surface area contributed by atoms with Gasteiger partial charge in [0, 0.05) is 19.5 Å². The van der Waals surface area contributed by atoms with E-state index in [1.54, 1.807) is 20.8 Å². The van der Waals surface area contributed by atoms with Crippen molar-refractivity contribution in [3.05, 3.63) is 42.0 Å². The smallest absolute Gasteiger partial charge is 0.410 e. The van der Waals surface area contributed by atoms with Crippen molar-refractivity contribution in [1.29, 1.82) is 0 Å². The second-order valence-corrected chi connectivity index (χ2v) is 15.7. The number of hydrogen-bond acceptors (Lipinski definition) is 6. The standard InChI is InChI=1S/C32H46N2O6S/c1-31(2,3)25-10-13-26(14-11-25)39-27-12-9-23-19-22(7-8-24(23)20-27)21-34(30(36)40-32(4,5)6)18-17-29(35)33-41(37,38)28-15-16-28/h7-9,12,19-20,25-26,28H,10-11,13-18,21H2,1-6H3,(H,33,35)/t25-,26-. The summed E-state index contributed by atoms with van der Waals surface area (Å²) in [6, 6.07) is 12.1. The van der Waals surface area contributed by atoms with Crippen LogP contribution in [-0.4, -0.2) is 48.8 Å². The highest BCUT2D eigenvalue weighted by atomic mass is 32.2. The van der Waals surface area contributed by atoms with Crippen LogP contribution in [0.25, 0.3) is 10.8 Å². The first-order chi connectivity index (χ1) is 19.1. The Hall–Kier alpha value is -2.81. The van der Waals surface area contributed by atoms with Crippen LogP contribution in [0.5, 0.6) is 5.75 Å². The average molecular weight is 587 g/mol. The summed E-state index contributed by atoms with van der Waals surface area (Å²) in [6.07, 6.45) is 5.21.